The molecule has 3 aromatic carbocycles. The third-order valence-corrected chi connectivity index (χ3v) is 7.05. The molecular weight excluding hydrogens is 438 g/mol. The van der Waals surface area contributed by atoms with Crippen molar-refractivity contribution in [1.82, 2.24) is 20.0 Å². The van der Waals surface area contributed by atoms with E-state index < -0.39 is 0 Å². The Labute approximate surface area is 193 Å². The van der Waals surface area contributed by atoms with Crippen LogP contribution in [0, 0.1) is 11.3 Å². The third-order valence-electron chi connectivity index (χ3n) is 6.75. The predicted octanol–water partition coefficient (Wildman–Crippen LogP) is 3.70. The number of hydrogen-bond acceptors (Lipinski definition) is 6. The van der Waals surface area contributed by atoms with E-state index in [0.29, 0.717) is 27.1 Å². The van der Waals surface area contributed by atoms with Crippen molar-refractivity contribution in [3.63, 3.8) is 0 Å². The Bertz CT molecular complexity index is 1720. The first-order valence-electron chi connectivity index (χ1n) is 10.8. The number of anilines is 1. The van der Waals surface area contributed by atoms with Crippen molar-refractivity contribution in [1.29, 1.82) is 5.26 Å². The molecule has 3 N–H and O–H groups in total. The lowest BCUT2D eigenvalue weighted by Crippen LogP contribution is -2.19. The van der Waals surface area contributed by atoms with E-state index in [1.807, 2.05) is 25.2 Å². The van der Waals surface area contributed by atoms with Crippen molar-refractivity contribution in [3.8, 4) is 6.07 Å². The van der Waals surface area contributed by atoms with Gasteiger partial charge in [-0.2, -0.15) is 15.5 Å². The Morgan fingerprint density at radius 3 is 2.61 bits per heavy atom. The van der Waals surface area contributed by atoms with Crippen LogP contribution in [0.1, 0.15) is 24.1 Å². The normalized spacial score (nSPS) is 14.2. The maximum Gasteiger partial charge on any atom is 0.272 e. The number of benzene rings is 3. The van der Waals surface area contributed by atoms with E-state index in [2.05, 4.69) is 26.3 Å². The van der Waals surface area contributed by atoms with Gasteiger partial charge in [0.05, 0.1) is 39.1 Å². The SMILES string of the molecule is Cn1ncc2c3cc4c(CN)n[nH]c(=O)c4cc3c3c(Cl)cc(N4CCCC4)c(C#N)c3c21. The summed E-state index contributed by atoms with van der Waals surface area (Å²) in [5.74, 6) is 0. The lowest BCUT2D eigenvalue weighted by Gasteiger charge is -2.22. The number of nitriles is 1. The first-order valence-corrected chi connectivity index (χ1v) is 11.2. The molecule has 164 valence electrons. The quantitative estimate of drug-likeness (QED) is 0.308. The van der Waals surface area contributed by atoms with Crippen LogP contribution < -0.4 is 16.2 Å². The highest BCUT2D eigenvalue weighted by Gasteiger charge is 2.24. The van der Waals surface area contributed by atoms with Crippen LogP contribution in [-0.2, 0) is 13.6 Å². The summed E-state index contributed by atoms with van der Waals surface area (Å²) in [4.78, 5) is 14.9. The van der Waals surface area contributed by atoms with E-state index in [9.17, 15) is 10.1 Å². The number of aromatic amines is 1. The Hall–Kier alpha value is -3.67. The maximum absolute atomic E-state index is 12.7. The molecule has 0 aliphatic carbocycles. The zero-order chi connectivity index (χ0) is 22.9. The summed E-state index contributed by atoms with van der Waals surface area (Å²) in [5.41, 5.74) is 8.47. The highest BCUT2D eigenvalue weighted by Crippen LogP contribution is 2.44. The average molecular weight is 458 g/mol. The molecule has 33 heavy (non-hydrogen) atoms. The average Bonchev–Trinajstić information content (AvgIpc) is 3.49. The lowest BCUT2D eigenvalue weighted by molar-refractivity contribution is 0.799. The minimum atomic E-state index is -0.297. The van der Waals surface area contributed by atoms with E-state index in [4.69, 9.17) is 17.3 Å². The van der Waals surface area contributed by atoms with Crippen LogP contribution in [0.25, 0.3) is 43.2 Å². The molecule has 3 heterocycles. The zero-order valence-corrected chi connectivity index (χ0v) is 18.7. The van der Waals surface area contributed by atoms with Crippen molar-refractivity contribution >= 4 is 60.5 Å². The van der Waals surface area contributed by atoms with Crippen molar-refractivity contribution < 1.29 is 0 Å². The van der Waals surface area contributed by atoms with Gasteiger partial charge in [-0.15, -0.1) is 0 Å². The van der Waals surface area contributed by atoms with Gasteiger partial charge in [-0.05, 0) is 41.8 Å². The van der Waals surface area contributed by atoms with Crippen molar-refractivity contribution in [2.45, 2.75) is 19.4 Å². The highest BCUT2D eigenvalue weighted by molar-refractivity contribution is 6.42. The number of fused-ring (bicyclic) bond motifs is 7. The highest BCUT2D eigenvalue weighted by atomic mass is 35.5. The number of nitrogens with zero attached hydrogens (tertiary/aromatic N) is 5. The summed E-state index contributed by atoms with van der Waals surface area (Å²) in [6.07, 6.45) is 3.97. The van der Waals surface area contributed by atoms with Crippen LogP contribution in [0.3, 0.4) is 0 Å². The van der Waals surface area contributed by atoms with Gasteiger partial charge in [0.25, 0.3) is 5.56 Å². The molecule has 0 spiro atoms. The second-order valence-corrected chi connectivity index (χ2v) is 8.89. The van der Waals surface area contributed by atoms with Gasteiger partial charge in [0, 0.05) is 48.2 Å². The van der Waals surface area contributed by atoms with Gasteiger partial charge < -0.3 is 10.6 Å². The van der Waals surface area contributed by atoms with Gasteiger partial charge >= 0.3 is 0 Å². The minimum absolute atomic E-state index is 0.196. The van der Waals surface area contributed by atoms with E-state index in [1.165, 1.54) is 0 Å². The Kier molecular flexibility index (Phi) is 4.34. The largest absolute Gasteiger partial charge is 0.370 e. The Morgan fingerprint density at radius 2 is 1.88 bits per heavy atom. The summed E-state index contributed by atoms with van der Waals surface area (Å²) in [7, 11) is 1.86. The van der Waals surface area contributed by atoms with Crippen LogP contribution in [0.2, 0.25) is 5.02 Å². The first-order chi connectivity index (χ1) is 16.0. The number of nitrogens with two attached hydrogens (primary N) is 1. The molecule has 5 aromatic rings. The third kappa shape index (κ3) is 2.70. The van der Waals surface area contributed by atoms with Crippen LogP contribution in [0.5, 0.6) is 0 Å². The van der Waals surface area contributed by atoms with Gasteiger partial charge in [0.15, 0.2) is 0 Å². The fourth-order valence-corrected chi connectivity index (χ4v) is 5.54. The Morgan fingerprint density at radius 1 is 1.12 bits per heavy atom. The predicted molar refractivity (Wildman–Crippen MR) is 131 cm³/mol. The molecule has 1 fully saturated rings. The van der Waals surface area contributed by atoms with Crippen LogP contribution >= 0.6 is 11.6 Å². The van der Waals surface area contributed by atoms with Gasteiger partial charge in [-0.25, -0.2) is 5.10 Å². The monoisotopic (exact) mass is 457 g/mol. The molecule has 6 rings (SSSR count). The maximum atomic E-state index is 12.7. The molecule has 0 saturated carbocycles. The number of H-pyrrole nitrogens is 1. The number of halogens is 1. The molecule has 8 nitrogen and oxygen atoms in total. The molecule has 0 bridgehead atoms. The first kappa shape index (κ1) is 20.0. The molecule has 0 unspecified atom stereocenters. The molecule has 2 aromatic heterocycles. The van der Waals surface area contributed by atoms with Crippen LogP contribution in [0.15, 0.2) is 29.2 Å². The molecule has 0 atom stereocenters. The topological polar surface area (TPSA) is 117 Å². The molecule has 0 radical (unpaired) electrons. The van der Waals surface area contributed by atoms with Gasteiger partial charge in [-0.1, -0.05) is 11.6 Å². The molecule has 0 amide bonds. The fraction of sp³-hybridized carbons (Fsp3) is 0.250. The van der Waals surface area contributed by atoms with Crippen molar-refractivity contribution in [2.24, 2.45) is 12.8 Å². The Balaban J connectivity index is 1.90. The standard InChI is InChI=1S/C24H20ClN7O/c1-31-23-17(11-28-31)12-6-13-15(24(33)30-29-19(13)10-27)7-14(12)21-18(25)8-20(16(9-26)22(21)23)32-4-2-3-5-32/h6-8,11H,2-5,10,27H2,1H3,(H,30,33). The van der Waals surface area contributed by atoms with E-state index >= 15 is 0 Å². The zero-order valence-electron chi connectivity index (χ0n) is 17.9. The number of rotatable bonds is 2. The molecule has 1 aliphatic rings. The van der Waals surface area contributed by atoms with Gasteiger partial charge in [-0.3, -0.25) is 9.48 Å². The molecule has 9 heteroatoms. The molecule has 1 aliphatic heterocycles. The number of aryl methyl sites for hydroxylation is 1. The fourth-order valence-electron chi connectivity index (χ4n) is 5.24. The smallest absolute Gasteiger partial charge is 0.272 e. The summed E-state index contributed by atoms with van der Waals surface area (Å²) in [6, 6.07) is 8.11. The minimum Gasteiger partial charge on any atom is -0.370 e. The van der Waals surface area contributed by atoms with Gasteiger partial charge in [0.1, 0.15) is 6.07 Å². The van der Waals surface area contributed by atoms with Crippen molar-refractivity contribution in [3.05, 3.63) is 51.0 Å². The van der Waals surface area contributed by atoms with Gasteiger partial charge in [0.2, 0.25) is 0 Å². The summed E-state index contributed by atoms with van der Waals surface area (Å²) in [5, 5.41) is 27.3. The summed E-state index contributed by atoms with van der Waals surface area (Å²) < 4.78 is 1.78. The van der Waals surface area contributed by atoms with Crippen LogP contribution in [-0.4, -0.2) is 33.1 Å². The second kappa shape index (κ2) is 7.17. The summed E-state index contributed by atoms with van der Waals surface area (Å²) >= 11 is 6.93. The lowest BCUT2D eigenvalue weighted by atomic mass is 9.92. The number of aromatic nitrogens is 4. The second-order valence-electron chi connectivity index (χ2n) is 8.49. The van der Waals surface area contributed by atoms with Crippen LogP contribution in [0.4, 0.5) is 5.69 Å². The van der Waals surface area contributed by atoms with E-state index in [1.54, 1.807) is 10.9 Å². The summed E-state index contributed by atoms with van der Waals surface area (Å²) in [6.45, 7) is 1.99. The number of hydrogen-bond donors (Lipinski definition) is 2. The molecular formula is C24H20ClN7O. The van der Waals surface area contributed by atoms with Crippen molar-refractivity contribution in [2.75, 3.05) is 18.0 Å². The number of nitrogens with one attached hydrogen (secondary N) is 1. The van der Waals surface area contributed by atoms with E-state index in [0.717, 1.165) is 64.1 Å². The van der Waals surface area contributed by atoms with E-state index in [-0.39, 0.29) is 12.1 Å². The molecule has 1 saturated heterocycles.